The summed E-state index contributed by atoms with van der Waals surface area (Å²) in [5.74, 6) is 0.880. The van der Waals surface area contributed by atoms with Gasteiger partial charge in [-0.25, -0.2) is 0 Å². The maximum atomic E-state index is 5.68. The summed E-state index contributed by atoms with van der Waals surface area (Å²) in [5, 5.41) is 0. The molecule has 0 aliphatic heterocycles. The molecule has 106 valence electrons. The molecule has 3 nitrogen and oxygen atoms in total. The Labute approximate surface area is 121 Å². The number of hydrogen-bond donors (Lipinski definition) is 1. The lowest BCUT2D eigenvalue weighted by Gasteiger charge is -2.16. The summed E-state index contributed by atoms with van der Waals surface area (Å²) in [4.78, 5) is 2.31. The molecular weight excluding hydrogens is 248 g/mol. The van der Waals surface area contributed by atoms with Crippen molar-refractivity contribution in [1.82, 2.24) is 4.90 Å². The van der Waals surface area contributed by atoms with E-state index in [0.29, 0.717) is 0 Å². The smallest absolute Gasteiger partial charge is 0.119 e. The van der Waals surface area contributed by atoms with Crippen LogP contribution in [0.1, 0.15) is 12.0 Å². The molecule has 0 unspecified atom stereocenters. The fourth-order valence-corrected chi connectivity index (χ4v) is 2.06. The third kappa shape index (κ3) is 4.94. The number of hydrogen-bond acceptors (Lipinski definition) is 3. The molecule has 0 spiro atoms. The molecule has 0 saturated heterocycles. The van der Waals surface area contributed by atoms with E-state index in [-0.39, 0.29) is 0 Å². The van der Waals surface area contributed by atoms with Gasteiger partial charge in [0.1, 0.15) is 5.75 Å². The van der Waals surface area contributed by atoms with Crippen molar-refractivity contribution in [1.29, 1.82) is 0 Å². The summed E-state index contributed by atoms with van der Waals surface area (Å²) in [6.07, 6.45) is 1.01. The highest BCUT2D eigenvalue weighted by Gasteiger charge is 2.00. The minimum Gasteiger partial charge on any atom is -0.494 e. The van der Waals surface area contributed by atoms with Gasteiger partial charge in [-0.3, -0.25) is 0 Å². The van der Waals surface area contributed by atoms with Crippen LogP contribution in [0.25, 0.3) is 0 Å². The molecule has 2 rings (SSSR count). The predicted molar refractivity (Wildman–Crippen MR) is 83.7 cm³/mol. The van der Waals surface area contributed by atoms with Crippen molar-refractivity contribution < 1.29 is 4.74 Å². The number of rotatable bonds is 7. The van der Waals surface area contributed by atoms with Crippen LogP contribution in [0.5, 0.6) is 5.75 Å². The number of anilines is 1. The van der Waals surface area contributed by atoms with Crippen LogP contribution < -0.4 is 10.5 Å². The van der Waals surface area contributed by atoms with Gasteiger partial charge in [0.05, 0.1) is 6.61 Å². The first-order valence-corrected chi connectivity index (χ1v) is 6.95. The molecule has 2 aromatic carbocycles. The highest BCUT2D eigenvalue weighted by Crippen LogP contribution is 2.13. The van der Waals surface area contributed by atoms with Gasteiger partial charge in [0.15, 0.2) is 0 Å². The van der Waals surface area contributed by atoms with E-state index in [1.54, 1.807) is 0 Å². The minimum absolute atomic E-state index is 0.725. The van der Waals surface area contributed by atoms with E-state index in [0.717, 1.165) is 37.6 Å². The summed E-state index contributed by atoms with van der Waals surface area (Å²) in [5.41, 5.74) is 7.74. The van der Waals surface area contributed by atoms with E-state index in [1.807, 2.05) is 30.3 Å². The van der Waals surface area contributed by atoms with Gasteiger partial charge in [0.2, 0.25) is 0 Å². The maximum absolute atomic E-state index is 5.68. The Kier molecular flexibility index (Phi) is 5.44. The van der Waals surface area contributed by atoms with Crippen LogP contribution in [-0.4, -0.2) is 25.1 Å². The maximum Gasteiger partial charge on any atom is 0.119 e. The number of nitrogen functional groups attached to an aromatic ring is 1. The van der Waals surface area contributed by atoms with Gasteiger partial charge in [-0.05, 0) is 43.3 Å². The van der Waals surface area contributed by atoms with Gasteiger partial charge in [0, 0.05) is 18.8 Å². The molecule has 0 heterocycles. The molecule has 3 heteroatoms. The molecular formula is C17H22N2O. The Bertz CT molecular complexity index is 496. The zero-order valence-corrected chi connectivity index (χ0v) is 12.0. The second kappa shape index (κ2) is 7.56. The Morgan fingerprint density at radius 2 is 1.70 bits per heavy atom. The van der Waals surface area contributed by atoms with Crippen LogP contribution in [0.2, 0.25) is 0 Å². The zero-order valence-electron chi connectivity index (χ0n) is 12.0. The van der Waals surface area contributed by atoms with Gasteiger partial charge in [-0.15, -0.1) is 0 Å². The van der Waals surface area contributed by atoms with E-state index < -0.39 is 0 Å². The lowest BCUT2D eigenvalue weighted by atomic mass is 10.2. The third-order valence-corrected chi connectivity index (χ3v) is 3.13. The topological polar surface area (TPSA) is 38.5 Å². The SMILES string of the molecule is CN(CCCOc1ccc(N)cc1)Cc1ccccc1. The fraction of sp³-hybridized carbons (Fsp3) is 0.294. The number of benzene rings is 2. The van der Waals surface area contributed by atoms with Crippen LogP contribution in [0.3, 0.4) is 0 Å². The third-order valence-electron chi connectivity index (χ3n) is 3.13. The summed E-state index contributed by atoms with van der Waals surface area (Å²) < 4.78 is 5.68. The Morgan fingerprint density at radius 1 is 1.00 bits per heavy atom. The van der Waals surface area contributed by atoms with Gasteiger partial charge >= 0.3 is 0 Å². The van der Waals surface area contributed by atoms with Gasteiger partial charge in [-0.1, -0.05) is 30.3 Å². The quantitative estimate of drug-likeness (QED) is 0.620. The fourth-order valence-electron chi connectivity index (χ4n) is 2.06. The molecule has 0 saturated carbocycles. The highest BCUT2D eigenvalue weighted by molar-refractivity contribution is 5.41. The molecule has 0 bridgehead atoms. The summed E-state index contributed by atoms with van der Waals surface area (Å²) in [6, 6.07) is 18.0. The minimum atomic E-state index is 0.725. The Morgan fingerprint density at radius 3 is 2.40 bits per heavy atom. The molecule has 0 amide bonds. The largest absolute Gasteiger partial charge is 0.494 e. The summed E-state index contributed by atoms with van der Waals surface area (Å²) in [7, 11) is 2.14. The molecule has 0 fully saturated rings. The van der Waals surface area contributed by atoms with Crippen molar-refractivity contribution >= 4 is 5.69 Å². The number of nitrogens with zero attached hydrogens (tertiary/aromatic N) is 1. The van der Waals surface area contributed by atoms with Crippen LogP contribution in [0.15, 0.2) is 54.6 Å². The average molecular weight is 270 g/mol. The molecule has 0 aliphatic rings. The molecule has 0 aromatic heterocycles. The summed E-state index contributed by atoms with van der Waals surface area (Å²) >= 11 is 0. The first-order chi connectivity index (χ1) is 9.74. The van der Waals surface area contributed by atoms with Crippen molar-refractivity contribution in [2.75, 3.05) is 25.9 Å². The monoisotopic (exact) mass is 270 g/mol. The van der Waals surface area contributed by atoms with E-state index in [9.17, 15) is 0 Å². The molecule has 0 aliphatic carbocycles. The van der Waals surface area contributed by atoms with Crippen LogP contribution in [0.4, 0.5) is 5.69 Å². The van der Waals surface area contributed by atoms with Gasteiger partial charge in [-0.2, -0.15) is 0 Å². The second-order valence-electron chi connectivity index (χ2n) is 4.99. The molecule has 20 heavy (non-hydrogen) atoms. The van der Waals surface area contributed by atoms with Crippen LogP contribution >= 0.6 is 0 Å². The first kappa shape index (κ1) is 14.4. The summed E-state index contributed by atoms with van der Waals surface area (Å²) in [6.45, 7) is 2.72. The van der Waals surface area contributed by atoms with Crippen LogP contribution in [-0.2, 0) is 6.54 Å². The molecule has 0 radical (unpaired) electrons. The van der Waals surface area contributed by atoms with Crippen LogP contribution in [0, 0.1) is 0 Å². The average Bonchev–Trinajstić information content (AvgIpc) is 2.46. The standard InChI is InChI=1S/C17H22N2O/c1-19(14-15-6-3-2-4-7-15)12-5-13-20-17-10-8-16(18)9-11-17/h2-4,6-11H,5,12-14,18H2,1H3. The number of ether oxygens (including phenoxy) is 1. The molecule has 2 N–H and O–H groups in total. The van der Waals surface area contributed by atoms with Crippen molar-refractivity contribution in [3.63, 3.8) is 0 Å². The Hall–Kier alpha value is -2.00. The van der Waals surface area contributed by atoms with E-state index in [4.69, 9.17) is 10.5 Å². The second-order valence-corrected chi connectivity index (χ2v) is 4.99. The zero-order chi connectivity index (χ0) is 14.2. The Balaban J connectivity index is 1.64. The predicted octanol–water partition coefficient (Wildman–Crippen LogP) is 3.17. The van der Waals surface area contributed by atoms with Gasteiger partial charge < -0.3 is 15.4 Å². The number of nitrogens with two attached hydrogens (primary N) is 1. The van der Waals surface area contributed by atoms with E-state index in [1.165, 1.54) is 5.56 Å². The normalized spacial score (nSPS) is 10.7. The molecule has 0 atom stereocenters. The molecule has 2 aromatic rings. The lowest BCUT2D eigenvalue weighted by Crippen LogP contribution is -2.20. The highest BCUT2D eigenvalue weighted by atomic mass is 16.5. The van der Waals surface area contributed by atoms with E-state index >= 15 is 0 Å². The first-order valence-electron chi connectivity index (χ1n) is 6.95. The van der Waals surface area contributed by atoms with Gasteiger partial charge in [0.25, 0.3) is 0 Å². The van der Waals surface area contributed by atoms with Crippen molar-refractivity contribution in [2.45, 2.75) is 13.0 Å². The van der Waals surface area contributed by atoms with E-state index in [2.05, 4.69) is 36.2 Å². The lowest BCUT2D eigenvalue weighted by molar-refractivity contribution is 0.259. The van der Waals surface area contributed by atoms with Crippen molar-refractivity contribution in [3.8, 4) is 5.75 Å². The van der Waals surface area contributed by atoms with Crippen molar-refractivity contribution in [2.24, 2.45) is 0 Å². The van der Waals surface area contributed by atoms with Crippen molar-refractivity contribution in [3.05, 3.63) is 60.2 Å².